The topological polar surface area (TPSA) is 55.1 Å². The number of benzene rings is 2. The van der Waals surface area contributed by atoms with Gasteiger partial charge >= 0.3 is 0 Å². The van der Waals surface area contributed by atoms with Gasteiger partial charge in [0, 0.05) is 5.69 Å². The summed E-state index contributed by atoms with van der Waals surface area (Å²) in [5.41, 5.74) is 4.22. The van der Waals surface area contributed by atoms with Crippen LogP contribution >= 0.6 is 23.2 Å². The monoisotopic (exact) mass is 343 g/mol. The molecule has 0 unspecified atom stereocenters. The summed E-state index contributed by atoms with van der Waals surface area (Å²) in [4.78, 5) is 4.62. The van der Waals surface area contributed by atoms with Crippen LogP contribution in [0.25, 0.3) is 16.7 Å². The minimum absolute atomic E-state index is 0.459. The molecule has 0 saturated heterocycles. The van der Waals surface area contributed by atoms with E-state index in [9.17, 15) is 0 Å². The van der Waals surface area contributed by atoms with Crippen molar-refractivity contribution in [1.29, 1.82) is 0 Å². The van der Waals surface area contributed by atoms with Crippen molar-refractivity contribution in [1.82, 2.24) is 19.6 Å². The first kappa shape index (κ1) is 14.2. The number of hydrogen-bond acceptors (Lipinski definition) is 4. The molecule has 7 heteroatoms. The molecule has 0 amide bonds. The van der Waals surface area contributed by atoms with Crippen LogP contribution in [0.3, 0.4) is 0 Å². The van der Waals surface area contributed by atoms with Gasteiger partial charge in [0.1, 0.15) is 6.33 Å². The largest absolute Gasteiger partial charge is 0.337 e. The molecule has 114 valence electrons. The van der Waals surface area contributed by atoms with Gasteiger partial charge in [0.2, 0.25) is 5.65 Å². The molecule has 4 rings (SSSR count). The first-order valence-corrected chi connectivity index (χ1v) is 7.69. The Morgan fingerprint density at radius 2 is 1.91 bits per heavy atom. The van der Waals surface area contributed by atoms with Crippen molar-refractivity contribution >= 4 is 51.4 Å². The quantitative estimate of drug-likeness (QED) is 0.576. The van der Waals surface area contributed by atoms with Gasteiger partial charge in [0.25, 0.3) is 0 Å². The predicted molar refractivity (Wildman–Crippen MR) is 92.8 cm³/mol. The fourth-order valence-electron chi connectivity index (χ4n) is 2.49. The summed E-state index contributed by atoms with van der Waals surface area (Å²) in [7, 11) is 0. The summed E-state index contributed by atoms with van der Waals surface area (Å²) in [6, 6.07) is 11.5. The van der Waals surface area contributed by atoms with Crippen LogP contribution in [0.5, 0.6) is 0 Å². The average Bonchev–Trinajstić information content (AvgIpc) is 2.99. The molecule has 0 aliphatic carbocycles. The summed E-state index contributed by atoms with van der Waals surface area (Å²) in [5, 5.41) is 12.3. The molecular formula is C16H11Cl2N5. The Labute approximate surface area is 141 Å². The first-order chi connectivity index (χ1) is 11.1. The van der Waals surface area contributed by atoms with E-state index in [1.807, 2.05) is 35.6 Å². The van der Waals surface area contributed by atoms with Gasteiger partial charge in [-0.2, -0.15) is 0 Å². The van der Waals surface area contributed by atoms with Gasteiger partial charge in [-0.1, -0.05) is 35.3 Å². The van der Waals surface area contributed by atoms with E-state index in [0.29, 0.717) is 27.0 Å². The maximum absolute atomic E-state index is 6.11. The Hall–Kier alpha value is -2.37. The Morgan fingerprint density at radius 1 is 1.09 bits per heavy atom. The predicted octanol–water partition coefficient (Wildman–Crippen LogP) is 4.64. The summed E-state index contributed by atoms with van der Waals surface area (Å²) in [5.74, 6) is 0.610. The SMILES string of the molecule is Cc1cccc(Nc2nc3cc(Cl)c(Cl)cc3n3cnnc23)c1. The zero-order valence-corrected chi connectivity index (χ0v) is 13.6. The van der Waals surface area contributed by atoms with Gasteiger partial charge in [-0.15, -0.1) is 10.2 Å². The third-order valence-corrected chi connectivity index (χ3v) is 4.27. The normalized spacial score (nSPS) is 11.3. The fraction of sp³-hybridized carbons (Fsp3) is 0.0625. The Balaban J connectivity index is 1.94. The molecule has 0 saturated carbocycles. The number of fused-ring (bicyclic) bond motifs is 3. The molecule has 0 fully saturated rings. The minimum atomic E-state index is 0.459. The van der Waals surface area contributed by atoms with E-state index >= 15 is 0 Å². The van der Waals surface area contributed by atoms with Crippen molar-refractivity contribution in [3.8, 4) is 0 Å². The molecule has 5 nitrogen and oxygen atoms in total. The van der Waals surface area contributed by atoms with Crippen LogP contribution in [-0.4, -0.2) is 19.6 Å². The number of anilines is 2. The lowest BCUT2D eigenvalue weighted by molar-refractivity contribution is 1.11. The summed E-state index contributed by atoms with van der Waals surface area (Å²) >= 11 is 12.2. The maximum atomic E-state index is 6.11. The number of hydrogen-bond donors (Lipinski definition) is 1. The van der Waals surface area contributed by atoms with Gasteiger partial charge in [-0.25, -0.2) is 4.98 Å². The van der Waals surface area contributed by atoms with E-state index < -0.39 is 0 Å². The van der Waals surface area contributed by atoms with Crippen LogP contribution in [0.1, 0.15) is 5.56 Å². The fourth-order valence-corrected chi connectivity index (χ4v) is 2.81. The highest BCUT2D eigenvalue weighted by Crippen LogP contribution is 2.30. The van der Waals surface area contributed by atoms with E-state index in [-0.39, 0.29) is 0 Å². The van der Waals surface area contributed by atoms with Crippen molar-refractivity contribution in [2.75, 3.05) is 5.32 Å². The highest BCUT2D eigenvalue weighted by molar-refractivity contribution is 6.42. The standard InChI is InChI=1S/C16H11Cl2N5/c1-9-3-2-4-10(5-9)20-15-16-22-19-8-23(16)14-7-12(18)11(17)6-13(14)21-15/h2-8H,1H3,(H,20,21). The highest BCUT2D eigenvalue weighted by Gasteiger charge is 2.12. The molecule has 1 N–H and O–H groups in total. The van der Waals surface area contributed by atoms with Crippen molar-refractivity contribution < 1.29 is 0 Å². The Morgan fingerprint density at radius 3 is 2.74 bits per heavy atom. The van der Waals surface area contributed by atoms with E-state index in [2.05, 4.69) is 20.5 Å². The third kappa shape index (κ3) is 2.48. The maximum Gasteiger partial charge on any atom is 0.204 e. The minimum Gasteiger partial charge on any atom is -0.337 e. The lowest BCUT2D eigenvalue weighted by Crippen LogP contribution is -2.00. The second kappa shape index (κ2) is 5.37. The third-order valence-electron chi connectivity index (χ3n) is 3.55. The summed E-state index contributed by atoms with van der Waals surface area (Å²) in [6.07, 6.45) is 1.63. The number of aromatic nitrogens is 4. The van der Waals surface area contributed by atoms with Crippen molar-refractivity contribution in [2.45, 2.75) is 6.92 Å². The molecule has 2 aromatic carbocycles. The molecular weight excluding hydrogens is 333 g/mol. The average molecular weight is 344 g/mol. The van der Waals surface area contributed by atoms with Crippen LogP contribution in [0.2, 0.25) is 10.0 Å². The van der Waals surface area contributed by atoms with E-state index in [1.165, 1.54) is 0 Å². The number of nitrogens with zero attached hydrogens (tertiary/aromatic N) is 4. The number of rotatable bonds is 2. The lowest BCUT2D eigenvalue weighted by Gasteiger charge is -2.10. The molecule has 0 bridgehead atoms. The zero-order chi connectivity index (χ0) is 16.0. The van der Waals surface area contributed by atoms with Gasteiger partial charge in [-0.3, -0.25) is 4.40 Å². The van der Waals surface area contributed by atoms with Gasteiger partial charge < -0.3 is 5.32 Å². The van der Waals surface area contributed by atoms with E-state index in [1.54, 1.807) is 18.5 Å². The molecule has 0 aliphatic rings. The van der Waals surface area contributed by atoms with Gasteiger partial charge in [-0.05, 0) is 36.8 Å². The van der Waals surface area contributed by atoms with Crippen molar-refractivity contribution in [2.24, 2.45) is 0 Å². The molecule has 2 heterocycles. The van der Waals surface area contributed by atoms with Crippen LogP contribution in [0.4, 0.5) is 11.5 Å². The van der Waals surface area contributed by atoms with Gasteiger partial charge in [0.15, 0.2) is 5.82 Å². The molecule has 0 spiro atoms. The molecule has 0 radical (unpaired) electrons. The van der Waals surface area contributed by atoms with Crippen LogP contribution in [0.15, 0.2) is 42.7 Å². The Kier molecular flexibility index (Phi) is 3.32. The molecule has 4 aromatic rings. The lowest BCUT2D eigenvalue weighted by atomic mass is 10.2. The Bertz CT molecular complexity index is 1040. The number of halogens is 2. The van der Waals surface area contributed by atoms with Crippen molar-refractivity contribution in [3.63, 3.8) is 0 Å². The van der Waals surface area contributed by atoms with Gasteiger partial charge in [0.05, 0.1) is 21.1 Å². The molecule has 23 heavy (non-hydrogen) atoms. The van der Waals surface area contributed by atoms with E-state index in [0.717, 1.165) is 16.8 Å². The summed E-state index contributed by atoms with van der Waals surface area (Å²) in [6.45, 7) is 2.04. The number of nitrogens with one attached hydrogen (secondary N) is 1. The van der Waals surface area contributed by atoms with Crippen LogP contribution in [0, 0.1) is 6.92 Å². The van der Waals surface area contributed by atoms with Crippen LogP contribution in [-0.2, 0) is 0 Å². The van der Waals surface area contributed by atoms with Crippen LogP contribution < -0.4 is 5.32 Å². The molecule has 0 atom stereocenters. The first-order valence-electron chi connectivity index (χ1n) is 6.94. The zero-order valence-electron chi connectivity index (χ0n) is 12.1. The van der Waals surface area contributed by atoms with Crippen molar-refractivity contribution in [3.05, 3.63) is 58.3 Å². The second-order valence-electron chi connectivity index (χ2n) is 5.23. The second-order valence-corrected chi connectivity index (χ2v) is 6.05. The smallest absolute Gasteiger partial charge is 0.204 e. The summed E-state index contributed by atoms with van der Waals surface area (Å²) < 4.78 is 1.84. The highest BCUT2D eigenvalue weighted by atomic mass is 35.5. The van der Waals surface area contributed by atoms with E-state index in [4.69, 9.17) is 23.2 Å². The molecule has 2 aromatic heterocycles. The number of aryl methyl sites for hydroxylation is 1. The molecule has 0 aliphatic heterocycles.